The first kappa shape index (κ1) is 23.3. The van der Waals surface area contributed by atoms with Crippen molar-refractivity contribution < 1.29 is 22.7 Å². The van der Waals surface area contributed by atoms with Gasteiger partial charge in [-0.05, 0) is 24.3 Å². The minimum absolute atomic E-state index is 0.102. The molecule has 3 aromatic heterocycles. The predicted molar refractivity (Wildman–Crippen MR) is 123 cm³/mol. The minimum Gasteiger partial charge on any atom is -0.453 e. The van der Waals surface area contributed by atoms with Gasteiger partial charge in [-0.2, -0.15) is 18.3 Å². The number of benzene rings is 1. The van der Waals surface area contributed by atoms with Crippen molar-refractivity contribution in [1.29, 1.82) is 0 Å². The number of hydrogen-bond acceptors (Lipinski definition) is 9. The van der Waals surface area contributed by atoms with Gasteiger partial charge in [0, 0.05) is 35.7 Å². The molecule has 1 aromatic carbocycles. The number of anilines is 3. The van der Waals surface area contributed by atoms with Gasteiger partial charge in [-0.3, -0.25) is 5.32 Å². The lowest BCUT2D eigenvalue weighted by molar-refractivity contribution is -0.147. The predicted octanol–water partition coefficient (Wildman–Crippen LogP) is 3.45. The fourth-order valence-electron chi connectivity index (χ4n) is 3.97. The highest BCUT2D eigenvalue weighted by Crippen LogP contribution is 2.30. The Morgan fingerprint density at radius 3 is 2.67 bits per heavy atom. The Balaban J connectivity index is 1.27. The lowest BCUT2D eigenvalue weighted by atomic mass is 10.1. The second-order valence-corrected chi connectivity index (χ2v) is 7.92. The highest BCUT2D eigenvalue weighted by molar-refractivity contribution is 6.03. The van der Waals surface area contributed by atoms with Crippen LogP contribution >= 0.6 is 0 Å². The molecule has 36 heavy (non-hydrogen) atoms. The molecule has 2 N–H and O–H groups in total. The smallest absolute Gasteiger partial charge is 0.451 e. The van der Waals surface area contributed by atoms with E-state index in [4.69, 9.17) is 0 Å². The average molecular weight is 499 g/mol. The van der Waals surface area contributed by atoms with Crippen LogP contribution in [-0.2, 0) is 30.5 Å². The van der Waals surface area contributed by atoms with E-state index in [0.717, 1.165) is 21.0 Å². The van der Waals surface area contributed by atoms with Crippen LogP contribution < -0.4 is 15.5 Å². The normalized spacial score (nSPS) is 13.4. The van der Waals surface area contributed by atoms with Gasteiger partial charge in [0.2, 0.25) is 5.82 Å². The molecule has 0 unspecified atom stereocenters. The summed E-state index contributed by atoms with van der Waals surface area (Å²) in [7, 11) is 1.28. The third-order valence-electron chi connectivity index (χ3n) is 5.71. The number of nitrogens with one attached hydrogen (secondary N) is 2. The van der Waals surface area contributed by atoms with E-state index in [1.807, 2.05) is 29.2 Å². The van der Waals surface area contributed by atoms with Crippen molar-refractivity contribution in [3.63, 3.8) is 0 Å². The van der Waals surface area contributed by atoms with Crippen LogP contribution in [0.4, 0.5) is 35.3 Å². The molecule has 5 rings (SSSR count). The van der Waals surface area contributed by atoms with Crippen molar-refractivity contribution in [2.45, 2.75) is 25.8 Å². The number of pyridine rings is 1. The Kier molecular flexibility index (Phi) is 6.00. The van der Waals surface area contributed by atoms with Gasteiger partial charge in [-0.1, -0.05) is 12.1 Å². The molecule has 186 valence electrons. The summed E-state index contributed by atoms with van der Waals surface area (Å²) >= 11 is 0. The van der Waals surface area contributed by atoms with Gasteiger partial charge in [0.25, 0.3) is 0 Å². The third-order valence-corrected chi connectivity index (χ3v) is 5.71. The van der Waals surface area contributed by atoms with Crippen molar-refractivity contribution in [3.8, 4) is 0 Å². The minimum atomic E-state index is -4.54. The van der Waals surface area contributed by atoms with E-state index in [2.05, 4.69) is 40.7 Å². The summed E-state index contributed by atoms with van der Waals surface area (Å²) in [6.07, 6.45) is -3.56. The Labute approximate surface area is 202 Å². The van der Waals surface area contributed by atoms with Gasteiger partial charge in [0.1, 0.15) is 5.82 Å². The number of methoxy groups -OCH3 is 1. The molecule has 0 atom stereocenters. The molecule has 4 heterocycles. The van der Waals surface area contributed by atoms with E-state index in [1.54, 1.807) is 18.3 Å². The number of ether oxygens (including phenoxy) is 1. The van der Waals surface area contributed by atoms with Crippen molar-refractivity contribution in [3.05, 3.63) is 59.9 Å². The largest absolute Gasteiger partial charge is 0.453 e. The van der Waals surface area contributed by atoms with E-state index in [0.29, 0.717) is 30.4 Å². The van der Waals surface area contributed by atoms with Crippen LogP contribution in [0.3, 0.4) is 0 Å². The molecule has 1 aliphatic rings. The number of carbonyl (C=O) groups excluding carboxylic acids is 1. The summed E-state index contributed by atoms with van der Waals surface area (Å²) in [5, 5.41) is 23.0. The molecule has 0 aliphatic carbocycles. The van der Waals surface area contributed by atoms with Crippen molar-refractivity contribution in [2.75, 3.05) is 29.2 Å². The van der Waals surface area contributed by atoms with Crippen molar-refractivity contribution >= 4 is 34.2 Å². The maximum Gasteiger partial charge on any atom is 0.451 e. The molecule has 0 saturated carbocycles. The fraction of sp³-hybridized carbons (Fsp3) is 0.273. The molecular weight excluding hydrogens is 479 g/mol. The van der Waals surface area contributed by atoms with Gasteiger partial charge in [-0.25, -0.2) is 9.78 Å². The number of carbonyl (C=O) groups is 1. The molecule has 0 fully saturated rings. The number of halogens is 3. The second-order valence-electron chi connectivity index (χ2n) is 7.92. The van der Waals surface area contributed by atoms with Crippen LogP contribution in [0, 0.1) is 0 Å². The number of alkyl halides is 3. The zero-order chi connectivity index (χ0) is 25.3. The van der Waals surface area contributed by atoms with Crippen LogP contribution in [0.25, 0.3) is 10.8 Å². The highest BCUT2D eigenvalue weighted by Gasteiger charge is 2.39. The van der Waals surface area contributed by atoms with Gasteiger partial charge < -0.3 is 19.5 Å². The summed E-state index contributed by atoms with van der Waals surface area (Å²) in [6, 6.07) is 11.0. The van der Waals surface area contributed by atoms with Crippen LogP contribution in [0.1, 0.15) is 17.3 Å². The number of hydrogen-bond donors (Lipinski definition) is 2. The van der Waals surface area contributed by atoms with E-state index in [-0.39, 0.29) is 18.9 Å². The summed E-state index contributed by atoms with van der Waals surface area (Å²) in [5.74, 6) is 0.165. The molecule has 4 aromatic rings. The monoisotopic (exact) mass is 499 g/mol. The maximum absolute atomic E-state index is 13.0. The van der Waals surface area contributed by atoms with Crippen molar-refractivity contribution in [1.82, 2.24) is 29.9 Å². The van der Waals surface area contributed by atoms with Gasteiger partial charge in [0.15, 0.2) is 11.6 Å². The SMILES string of the molecule is COC(=O)Nc1nccc2c(NCc3ccc(N4CCn5c(nnc5C(F)(F)F)C4)nn3)cccc12. The Bertz CT molecular complexity index is 1410. The summed E-state index contributed by atoms with van der Waals surface area (Å²) in [5.41, 5.74) is 1.47. The molecule has 1 amide bonds. The van der Waals surface area contributed by atoms with Gasteiger partial charge in [-0.15, -0.1) is 15.3 Å². The highest BCUT2D eigenvalue weighted by atomic mass is 19.4. The van der Waals surface area contributed by atoms with Crippen LogP contribution in [0.15, 0.2) is 42.6 Å². The fourth-order valence-corrected chi connectivity index (χ4v) is 3.97. The number of fused-ring (bicyclic) bond motifs is 2. The lowest BCUT2D eigenvalue weighted by Gasteiger charge is -2.28. The number of nitrogens with zero attached hydrogens (tertiary/aromatic N) is 7. The molecule has 0 spiro atoms. The average Bonchev–Trinajstić information content (AvgIpc) is 3.32. The molecule has 11 nitrogen and oxygen atoms in total. The molecule has 0 radical (unpaired) electrons. The topological polar surface area (TPSA) is 123 Å². The van der Waals surface area contributed by atoms with E-state index < -0.39 is 18.1 Å². The van der Waals surface area contributed by atoms with E-state index >= 15 is 0 Å². The zero-order valence-electron chi connectivity index (χ0n) is 19.0. The zero-order valence-corrected chi connectivity index (χ0v) is 19.0. The maximum atomic E-state index is 13.0. The molecule has 14 heteroatoms. The molecule has 1 aliphatic heterocycles. The van der Waals surface area contributed by atoms with Crippen LogP contribution in [-0.4, -0.2) is 49.7 Å². The molecule has 0 saturated heterocycles. The van der Waals surface area contributed by atoms with Crippen LogP contribution in [0.5, 0.6) is 0 Å². The first-order valence-corrected chi connectivity index (χ1v) is 10.9. The van der Waals surface area contributed by atoms with Gasteiger partial charge in [0.05, 0.1) is 25.9 Å². The Morgan fingerprint density at radius 2 is 1.92 bits per heavy atom. The first-order chi connectivity index (χ1) is 17.3. The molecule has 0 bridgehead atoms. The Hall–Kier alpha value is -4.49. The van der Waals surface area contributed by atoms with Gasteiger partial charge >= 0.3 is 12.3 Å². The summed E-state index contributed by atoms with van der Waals surface area (Å²) in [6.45, 7) is 0.955. The Morgan fingerprint density at radius 1 is 1.06 bits per heavy atom. The lowest BCUT2D eigenvalue weighted by Crippen LogP contribution is -2.36. The first-order valence-electron chi connectivity index (χ1n) is 10.9. The number of amides is 1. The van der Waals surface area contributed by atoms with E-state index in [1.165, 1.54) is 7.11 Å². The van der Waals surface area contributed by atoms with Crippen molar-refractivity contribution in [2.24, 2.45) is 0 Å². The van der Waals surface area contributed by atoms with E-state index in [9.17, 15) is 18.0 Å². The second kappa shape index (κ2) is 9.28. The molecular formula is C22H20F3N9O2. The summed E-state index contributed by atoms with van der Waals surface area (Å²) < 4.78 is 44.9. The van der Waals surface area contributed by atoms with Crippen LogP contribution in [0.2, 0.25) is 0 Å². The number of aromatic nitrogens is 6. The number of rotatable bonds is 5. The third kappa shape index (κ3) is 4.56. The summed E-state index contributed by atoms with van der Waals surface area (Å²) in [4.78, 5) is 17.6. The quantitative estimate of drug-likeness (QED) is 0.425. The standard InChI is InChI=1S/C22H20F3N9O2/c1-36-21(35)28-19-15-3-2-4-16(14(15)7-8-26-19)27-11-13-5-6-17(30-29-13)33-9-10-34-18(12-33)31-32-20(34)22(23,24)25/h2-8,27H,9-12H2,1H3,(H,26,28,35).